The van der Waals surface area contributed by atoms with Gasteiger partial charge in [-0.3, -0.25) is 4.79 Å². The van der Waals surface area contributed by atoms with Crippen LogP contribution in [-0.2, 0) is 4.79 Å². The minimum absolute atomic E-state index is 0.0487. The number of rotatable bonds is 5. The molecule has 4 saturated carbocycles. The average Bonchev–Trinajstić information content (AvgIpc) is 2.36. The predicted molar refractivity (Wildman–Crippen MR) is 78.6 cm³/mol. The number of carbonyl (C=O) groups excluding carboxylic acids is 1. The smallest absolute Gasteiger partial charge is 0.228 e. The van der Waals surface area contributed by atoms with Crippen molar-refractivity contribution in [1.29, 1.82) is 0 Å². The number of carbonyl (C=O) groups is 1. The third-order valence-electron chi connectivity index (χ3n) is 5.49. The van der Waals surface area contributed by atoms with E-state index in [1.807, 2.05) is 4.90 Å². The van der Waals surface area contributed by atoms with Crippen molar-refractivity contribution in [3.63, 3.8) is 0 Å². The highest BCUT2D eigenvalue weighted by molar-refractivity contribution is 6.18. The molecule has 0 spiro atoms. The van der Waals surface area contributed by atoms with Gasteiger partial charge in [-0.25, -0.2) is 0 Å². The van der Waals surface area contributed by atoms with Crippen LogP contribution in [0.25, 0.3) is 0 Å². The Morgan fingerprint density at radius 1 is 0.947 bits per heavy atom. The molecule has 4 heteroatoms. The molecule has 0 atom stereocenters. The Morgan fingerprint density at radius 3 is 1.74 bits per heavy atom. The van der Waals surface area contributed by atoms with Crippen LogP contribution in [0.4, 0.5) is 0 Å². The van der Waals surface area contributed by atoms with Crippen LogP contribution in [0.3, 0.4) is 0 Å². The van der Waals surface area contributed by atoms with E-state index in [0.717, 1.165) is 37.0 Å². The van der Waals surface area contributed by atoms with Gasteiger partial charge in [-0.2, -0.15) is 0 Å². The quantitative estimate of drug-likeness (QED) is 0.712. The van der Waals surface area contributed by atoms with Gasteiger partial charge in [0, 0.05) is 24.8 Å². The molecule has 4 rings (SSSR count). The molecule has 108 valence electrons. The Hall–Kier alpha value is 0.0500. The second kappa shape index (κ2) is 5.44. The van der Waals surface area contributed by atoms with Gasteiger partial charge in [0.15, 0.2) is 0 Å². The maximum Gasteiger partial charge on any atom is 0.228 e. The summed E-state index contributed by atoms with van der Waals surface area (Å²) in [6, 6.07) is 0. The Labute approximate surface area is 125 Å². The molecule has 0 aromatic heterocycles. The molecule has 0 aliphatic heterocycles. The van der Waals surface area contributed by atoms with Crippen LogP contribution >= 0.6 is 23.2 Å². The van der Waals surface area contributed by atoms with Crippen LogP contribution in [0.2, 0.25) is 0 Å². The van der Waals surface area contributed by atoms with Crippen molar-refractivity contribution in [3.8, 4) is 0 Å². The van der Waals surface area contributed by atoms with Gasteiger partial charge in [0.2, 0.25) is 5.91 Å². The van der Waals surface area contributed by atoms with Gasteiger partial charge in [-0.05, 0) is 56.3 Å². The van der Waals surface area contributed by atoms with E-state index in [-0.39, 0.29) is 5.41 Å². The Morgan fingerprint density at radius 2 is 1.37 bits per heavy atom. The molecule has 0 saturated heterocycles. The summed E-state index contributed by atoms with van der Waals surface area (Å²) in [6.45, 7) is 1.30. The first kappa shape index (κ1) is 14.0. The topological polar surface area (TPSA) is 20.3 Å². The molecule has 0 aromatic carbocycles. The van der Waals surface area contributed by atoms with E-state index in [1.54, 1.807) is 0 Å². The molecule has 2 nitrogen and oxygen atoms in total. The summed E-state index contributed by atoms with van der Waals surface area (Å²) in [7, 11) is 0. The minimum Gasteiger partial charge on any atom is -0.340 e. The monoisotopic (exact) mass is 303 g/mol. The number of nitrogens with zero attached hydrogens (tertiary/aromatic N) is 1. The zero-order chi connectivity index (χ0) is 13.5. The second-order valence-corrected chi connectivity index (χ2v) is 7.62. The van der Waals surface area contributed by atoms with Gasteiger partial charge in [-0.15, -0.1) is 23.2 Å². The van der Waals surface area contributed by atoms with E-state index in [4.69, 9.17) is 23.2 Å². The number of amides is 1. The maximum absolute atomic E-state index is 13.0. The van der Waals surface area contributed by atoms with Crippen LogP contribution in [0.15, 0.2) is 0 Å². The van der Waals surface area contributed by atoms with E-state index < -0.39 is 0 Å². The molecule has 4 bridgehead atoms. The summed E-state index contributed by atoms with van der Waals surface area (Å²) in [5.41, 5.74) is -0.0487. The highest BCUT2D eigenvalue weighted by atomic mass is 35.5. The molecule has 0 N–H and O–H groups in total. The van der Waals surface area contributed by atoms with Gasteiger partial charge in [0.1, 0.15) is 0 Å². The predicted octanol–water partition coefficient (Wildman–Crippen LogP) is 3.51. The SMILES string of the molecule is O=C(N(CCCl)CCCl)C12CC3CC(CC(C3)C1)C2. The first-order valence-corrected chi connectivity index (χ1v) is 8.65. The number of halogens is 2. The lowest BCUT2D eigenvalue weighted by atomic mass is 9.49. The standard InChI is InChI=1S/C15H23Cl2NO/c16-1-3-18(4-2-17)14(19)15-8-11-5-12(9-15)7-13(6-11)10-15/h11-13H,1-10H2. The molecule has 0 aromatic rings. The molecule has 0 unspecified atom stereocenters. The van der Waals surface area contributed by atoms with E-state index in [0.29, 0.717) is 30.8 Å². The van der Waals surface area contributed by atoms with Crippen molar-refractivity contribution in [2.24, 2.45) is 23.2 Å². The molecule has 0 heterocycles. The highest BCUT2D eigenvalue weighted by Crippen LogP contribution is 2.60. The van der Waals surface area contributed by atoms with Gasteiger partial charge in [-0.1, -0.05) is 0 Å². The first-order valence-electron chi connectivity index (χ1n) is 7.58. The molecule has 0 radical (unpaired) electrons. The fraction of sp³-hybridized carbons (Fsp3) is 0.933. The van der Waals surface area contributed by atoms with Gasteiger partial charge >= 0.3 is 0 Å². The van der Waals surface area contributed by atoms with Gasteiger partial charge in [0.05, 0.1) is 5.41 Å². The third-order valence-corrected chi connectivity index (χ3v) is 5.83. The third kappa shape index (κ3) is 2.51. The Balaban J connectivity index is 1.78. The molecule has 4 aliphatic carbocycles. The highest BCUT2D eigenvalue weighted by Gasteiger charge is 2.55. The van der Waals surface area contributed by atoms with E-state index in [2.05, 4.69) is 0 Å². The van der Waals surface area contributed by atoms with Crippen LogP contribution in [0.5, 0.6) is 0 Å². The Bertz CT molecular complexity index is 317. The molecule has 4 fully saturated rings. The van der Waals surface area contributed by atoms with Crippen molar-refractivity contribution in [2.45, 2.75) is 38.5 Å². The van der Waals surface area contributed by atoms with Crippen LogP contribution in [0.1, 0.15) is 38.5 Å². The van der Waals surface area contributed by atoms with Crippen LogP contribution in [-0.4, -0.2) is 35.7 Å². The normalized spacial score (nSPS) is 39.6. The molecule has 1 amide bonds. The Kier molecular flexibility index (Phi) is 4.01. The van der Waals surface area contributed by atoms with Crippen molar-refractivity contribution < 1.29 is 4.79 Å². The molecular formula is C15H23Cl2NO. The van der Waals surface area contributed by atoms with Gasteiger partial charge < -0.3 is 4.90 Å². The maximum atomic E-state index is 13.0. The van der Waals surface area contributed by atoms with E-state index >= 15 is 0 Å². The van der Waals surface area contributed by atoms with Crippen molar-refractivity contribution >= 4 is 29.1 Å². The first-order chi connectivity index (χ1) is 9.16. The van der Waals surface area contributed by atoms with Crippen LogP contribution in [0, 0.1) is 23.2 Å². The summed E-state index contributed by atoms with van der Waals surface area (Å²) < 4.78 is 0. The molecule has 19 heavy (non-hydrogen) atoms. The van der Waals surface area contributed by atoms with Crippen molar-refractivity contribution in [1.82, 2.24) is 4.90 Å². The lowest BCUT2D eigenvalue weighted by Gasteiger charge is -2.56. The number of hydrogen-bond acceptors (Lipinski definition) is 1. The summed E-state index contributed by atoms with van der Waals surface area (Å²) in [4.78, 5) is 14.9. The zero-order valence-corrected chi connectivity index (χ0v) is 12.9. The van der Waals surface area contributed by atoms with Crippen LogP contribution < -0.4 is 0 Å². The van der Waals surface area contributed by atoms with E-state index in [9.17, 15) is 4.79 Å². The second-order valence-electron chi connectivity index (χ2n) is 6.87. The number of alkyl halides is 2. The largest absolute Gasteiger partial charge is 0.340 e. The van der Waals surface area contributed by atoms with E-state index in [1.165, 1.54) is 19.3 Å². The molecule has 4 aliphatic rings. The van der Waals surface area contributed by atoms with Crippen molar-refractivity contribution in [2.75, 3.05) is 24.8 Å². The fourth-order valence-corrected chi connectivity index (χ4v) is 5.63. The summed E-state index contributed by atoms with van der Waals surface area (Å²) in [6.07, 6.45) is 7.49. The fourth-order valence-electron chi connectivity index (χ4n) is 5.23. The average molecular weight is 304 g/mol. The minimum atomic E-state index is -0.0487. The van der Waals surface area contributed by atoms with Gasteiger partial charge in [0.25, 0.3) is 0 Å². The zero-order valence-electron chi connectivity index (χ0n) is 11.4. The molecular weight excluding hydrogens is 281 g/mol. The summed E-state index contributed by atoms with van der Waals surface area (Å²) in [5, 5.41) is 0. The summed E-state index contributed by atoms with van der Waals surface area (Å²) in [5.74, 6) is 3.80. The lowest BCUT2D eigenvalue weighted by molar-refractivity contribution is -0.157. The van der Waals surface area contributed by atoms with Crippen molar-refractivity contribution in [3.05, 3.63) is 0 Å². The summed E-state index contributed by atoms with van der Waals surface area (Å²) >= 11 is 11.7. The number of hydrogen-bond donors (Lipinski definition) is 0. The lowest BCUT2D eigenvalue weighted by Crippen LogP contribution is -2.55.